The van der Waals surface area contributed by atoms with E-state index in [-0.39, 0.29) is 29.2 Å². The molecule has 3 heterocycles. The first-order valence-electron chi connectivity index (χ1n) is 12.0. The molecule has 9 nitrogen and oxygen atoms in total. The summed E-state index contributed by atoms with van der Waals surface area (Å²) in [6, 6.07) is 11.4. The van der Waals surface area contributed by atoms with Gasteiger partial charge < -0.3 is 24.6 Å². The second-order valence-corrected chi connectivity index (χ2v) is 9.75. The number of fused-ring (bicyclic) bond motifs is 1. The SMILES string of the molecule is CCOC(=O)C1=C(C)N=c2s/c(=C\c3ccc(N4CCOCC4)cc3)c(=O)n2C1c1ccc(O)c(O)c1. The summed E-state index contributed by atoms with van der Waals surface area (Å²) in [5.74, 6) is -1.23. The van der Waals surface area contributed by atoms with Crippen LogP contribution in [0.25, 0.3) is 6.08 Å². The lowest BCUT2D eigenvalue weighted by molar-refractivity contribution is -0.139. The Balaban J connectivity index is 1.60. The molecule has 2 aromatic carbocycles. The van der Waals surface area contributed by atoms with Gasteiger partial charge in [0.15, 0.2) is 16.3 Å². The van der Waals surface area contributed by atoms with Crippen molar-refractivity contribution in [2.45, 2.75) is 19.9 Å². The van der Waals surface area contributed by atoms with Crippen molar-refractivity contribution in [1.82, 2.24) is 4.57 Å². The number of phenolic OH excluding ortho intramolecular Hbond substituents is 2. The van der Waals surface area contributed by atoms with Gasteiger partial charge in [0.05, 0.1) is 41.7 Å². The smallest absolute Gasteiger partial charge is 0.338 e. The lowest BCUT2D eigenvalue weighted by atomic mass is 9.95. The normalized spacial score (nSPS) is 17.9. The van der Waals surface area contributed by atoms with Crippen LogP contribution < -0.4 is 19.8 Å². The van der Waals surface area contributed by atoms with E-state index < -0.39 is 12.0 Å². The molecule has 1 fully saturated rings. The zero-order chi connectivity index (χ0) is 26.1. The Bertz CT molecular complexity index is 1550. The van der Waals surface area contributed by atoms with Gasteiger partial charge in [-0.05, 0) is 55.3 Å². The second-order valence-electron chi connectivity index (χ2n) is 8.74. The second kappa shape index (κ2) is 10.2. The largest absolute Gasteiger partial charge is 0.504 e. The summed E-state index contributed by atoms with van der Waals surface area (Å²) in [7, 11) is 0. The highest BCUT2D eigenvalue weighted by molar-refractivity contribution is 7.07. The number of phenols is 2. The van der Waals surface area contributed by atoms with E-state index in [2.05, 4.69) is 9.89 Å². The molecule has 0 bridgehead atoms. The number of benzene rings is 2. The number of esters is 1. The molecule has 0 spiro atoms. The van der Waals surface area contributed by atoms with Gasteiger partial charge in [-0.25, -0.2) is 9.79 Å². The van der Waals surface area contributed by atoms with Crippen LogP contribution in [0.1, 0.15) is 31.0 Å². The van der Waals surface area contributed by atoms with E-state index in [0.29, 0.717) is 33.8 Å². The number of anilines is 1. The third kappa shape index (κ3) is 4.77. The summed E-state index contributed by atoms with van der Waals surface area (Å²) in [6.07, 6.45) is 1.81. The number of thiazole rings is 1. The highest BCUT2D eigenvalue weighted by Crippen LogP contribution is 2.35. The number of carbonyl (C=O) groups excluding carboxylic acids is 1. The number of aromatic nitrogens is 1. The maximum Gasteiger partial charge on any atom is 0.338 e. The average molecular weight is 522 g/mol. The Morgan fingerprint density at radius 2 is 1.89 bits per heavy atom. The molecule has 37 heavy (non-hydrogen) atoms. The summed E-state index contributed by atoms with van der Waals surface area (Å²) < 4.78 is 12.6. The highest BCUT2D eigenvalue weighted by atomic mass is 32.1. The summed E-state index contributed by atoms with van der Waals surface area (Å²) >= 11 is 1.23. The molecule has 0 saturated carbocycles. The number of rotatable bonds is 5. The van der Waals surface area contributed by atoms with E-state index in [4.69, 9.17) is 9.47 Å². The number of allylic oxidation sites excluding steroid dienone is 1. The first-order valence-corrected chi connectivity index (χ1v) is 12.8. The number of aromatic hydroxyl groups is 2. The van der Waals surface area contributed by atoms with Crippen LogP contribution in [0, 0.1) is 0 Å². The third-order valence-electron chi connectivity index (χ3n) is 6.40. The zero-order valence-electron chi connectivity index (χ0n) is 20.5. The van der Waals surface area contributed by atoms with Crippen LogP contribution in [0.2, 0.25) is 0 Å². The Labute approximate surface area is 216 Å². The molecule has 2 aliphatic rings. The maximum atomic E-state index is 13.7. The van der Waals surface area contributed by atoms with E-state index in [1.54, 1.807) is 19.9 Å². The van der Waals surface area contributed by atoms with Crippen molar-refractivity contribution >= 4 is 29.1 Å². The number of morpholine rings is 1. The first-order chi connectivity index (χ1) is 17.9. The van der Waals surface area contributed by atoms with Crippen molar-refractivity contribution in [3.8, 4) is 11.5 Å². The number of carbonyl (C=O) groups is 1. The van der Waals surface area contributed by atoms with Crippen LogP contribution in [0.15, 0.2) is 63.5 Å². The fourth-order valence-corrected chi connectivity index (χ4v) is 5.62. The topological polar surface area (TPSA) is 114 Å². The number of hydrogen-bond donors (Lipinski definition) is 2. The third-order valence-corrected chi connectivity index (χ3v) is 7.38. The molecule has 2 N–H and O–H groups in total. The average Bonchev–Trinajstić information content (AvgIpc) is 3.20. The minimum atomic E-state index is -0.868. The minimum Gasteiger partial charge on any atom is -0.504 e. The lowest BCUT2D eigenvalue weighted by Crippen LogP contribution is -2.39. The Morgan fingerprint density at radius 3 is 2.57 bits per heavy atom. The Kier molecular flexibility index (Phi) is 6.86. The highest BCUT2D eigenvalue weighted by Gasteiger charge is 2.33. The van der Waals surface area contributed by atoms with Crippen molar-refractivity contribution in [3.63, 3.8) is 0 Å². The minimum absolute atomic E-state index is 0.161. The zero-order valence-corrected chi connectivity index (χ0v) is 21.3. The van der Waals surface area contributed by atoms with Crippen molar-refractivity contribution in [1.29, 1.82) is 0 Å². The molecular formula is C27H27N3O6S. The van der Waals surface area contributed by atoms with E-state index in [1.807, 2.05) is 30.3 Å². The van der Waals surface area contributed by atoms with Gasteiger partial charge in [0.2, 0.25) is 0 Å². The first kappa shape index (κ1) is 24.8. The molecule has 0 amide bonds. The van der Waals surface area contributed by atoms with Crippen LogP contribution >= 0.6 is 11.3 Å². The maximum absolute atomic E-state index is 13.7. The number of nitrogens with zero attached hydrogens (tertiary/aromatic N) is 3. The fraction of sp³-hybridized carbons (Fsp3) is 0.296. The van der Waals surface area contributed by atoms with Crippen LogP contribution in [0.4, 0.5) is 5.69 Å². The van der Waals surface area contributed by atoms with Crippen LogP contribution in [0.5, 0.6) is 11.5 Å². The summed E-state index contributed by atoms with van der Waals surface area (Å²) in [5, 5.41) is 20.0. The molecule has 2 aliphatic heterocycles. The predicted molar refractivity (Wildman–Crippen MR) is 140 cm³/mol. The molecule has 1 atom stereocenters. The van der Waals surface area contributed by atoms with E-state index in [0.717, 1.165) is 24.3 Å². The molecule has 1 unspecified atom stereocenters. The van der Waals surface area contributed by atoms with E-state index in [9.17, 15) is 19.8 Å². The van der Waals surface area contributed by atoms with Gasteiger partial charge in [0.1, 0.15) is 0 Å². The van der Waals surface area contributed by atoms with Gasteiger partial charge in [-0.2, -0.15) is 0 Å². The quantitative estimate of drug-likeness (QED) is 0.390. The number of ether oxygens (including phenoxy) is 2. The molecule has 10 heteroatoms. The molecule has 5 rings (SSSR count). The van der Waals surface area contributed by atoms with Crippen LogP contribution in [0.3, 0.4) is 0 Å². The summed E-state index contributed by atoms with van der Waals surface area (Å²) in [6.45, 7) is 6.65. The molecule has 1 aromatic heterocycles. The van der Waals surface area contributed by atoms with Crippen molar-refractivity contribution in [2.75, 3.05) is 37.8 Å². The van der Waals surface area contributed by atoms with E-state index in [1.165, 1.54) is 28.0 Å². The van der Waals surface area contributed by atoms with Crippen molar-refractivity contribution in [2.24, 2.45) is 4.99 Å². The molecule has 1 saturated heterocycles. The standard InChI is InChI=1S/C27H27N3O6S/c1-3-36-26(34)23-16(2)28-27-30(24(23)18-6-9-20(31)21(32)15-18)25(33)22(37-27)14-17-4-7-19(8-5-17)29-10-12-35-13-11-29/h4-9,14-15,24,31-32H,3,10-13H2,1-2H3/b22-14-. The van der Waals surface area contributed by atoms with Crippen molar-refractivity contribution in [3.05, 3.63) is 84.5 Å². The van der Waals surface area contributed by atoms with Gasteiger partial charge >= 0.3 is 5.97 Å². The summed E-state index contributed by atoms with van der Waals surface area (Å²) in [5.41, 5.74) is 2.74. The van der Waals surface area contributed by atoms with Gasteiger partial charge in [-0.3, -0.25) is 9.36 Å². The predicted octanol–water partition coefficient (Wildman–Crippen LogP) is 2.05. The number of hydrogen-bond acceptors (Lipinski definition) is 9. The Hall–Kier alpha value is -3.89. The van der Waals surface area contributed by atoms with Crippen LogP contribution in [-0.4, -0.2) is 53.7 Å². The van der Waals surface area contributed by atoms with Gasteiger partial charge in [0, 0.05) is 18.8 Å². The Morgan fingerprint density at radius 1 is 1.16 bits per heavy atom. The monoisotopic (exact) mass is 521 g/mol. The molecule has 3 aromatic rings. The molecule has 0 radical (unpaired) electrons. The lowest BCUT2D eigenvalue weighted by Gasteiger charge is -2.28. The molecule has 0 aliphatic carbocycles. The fourth-order valence-electron chi connectivity index (χ4n) is 4.57. The van der Waals surface area contributed by atoms with Gasteiger partial charge in [-0.1, -0.05) is 29.5 Å². The molecular weight excluding hydrogens is 494 g/mol. The summed E-state index contributed by atoms with van der Waals surface area (Å²) in [4.78, 5) is 33.9. The van der Waals surface area contributed by atoms with Crippen LogP contribution in [-0.2, 0) is 14.3 Å². The van der Waals surface area contributed by atoms with Gasteiger partial charge in [-0.15, -0.1) is 0 Å². The van der Waals surface area contributed by atoms with Crippen molar-refractivity contribution < 1.29 is 24.5 Å². The van der Waals surface area contributed by atoms with Gasteiger partial charge in [0.25, 0.3) is 5.56 Å². The van der Waals surface area contributed by atoms with E-state index >= 15 is 0 Å². The molecule has 192 valence electrons.